The lowest BCUT2D eigenvalue weighted by Crippen LogP contribution is -2.19. The Balaban J connectivity index is 2.10. The third-order valence-corrected chi connectivity index (χ3v) is 2.90. The summed E-state index contributed by atoms with van der Waals surface area (Å²) in [5.74, 6) is 1.31. The Kier molecular flexibility index (Phi) is 4.32. The van der Waals surface area contributed by atoms with Crippen LogP contribution in [0.1, 0.15) is 25.4 Å². The molecule has 0 amide bonds. The summed E-state index contributed by atoms with van der Waals surface area (Å²) in [6, 6.07) is 6.42. The van der Waals surface area contributed by atoms with Crippen LogP contribution in [-0.2, 0) is 6.54 Å². The van der Waals surface area contributed by atoms with Gasteiger partial charge in [0.25, 0.3) is 0 Å². The molecule has 0 saturated heterocycles. The number of halogens is 1. The van der Waals surface area contributed by atoms with Crippen LogP contribution in [0.15, 0.2) is 24.3 Å². The molecule has 0 aliphatic heterocycles. The molecule has 0 bridgehead atoms. The highest BCUT2D eigenvalue weighted by Crippen LogP contribution is 2.21. The van der Waals surface area contributed by atoms with Crippen molar-refractivity contribution >= 4 is 0 Å². The van der Waals surface area contributed by atoms with Crippen molar-refractivity contribution < 1.29 is 4.39 Å². The van der Waals surface area contributed by atoms with Gasteiger partial charge in [-0.1, -0.05) is 13.8 Å². The standard InChI is InChI=1S/C15H20FN3/c1-10(2)8-17-9-14-18-11(3)15(19-14)12-4-6-13(16)7-5-12/h4-7,10,17H,8-9H2,1-3H3,(H,18,19). The first-order valence-electron chi connectivity index (χ1n) is 6.58. The molecule has 19 heavy (non-hydrogen) atoms. The van der Waals surface area contributed by atoms with E-state index < -0.39 is 0 Å². The van der Waals surface area contributed by atoms with Crippen LogP contribution in [0.5, 0.6) is 0 Å². The third-order valence-electron chi connectivity index (χ3n) is 2.90. The maximum absolute atomic E-state index is 12.9. The van der Waals surface area contributed by atoms with Gasteiger partial charge < -0.3 is 10.3 Å². The van der Waals surface area contributed by atoms with Gasteiger partial charge in [0.05, 0.1) is 12.2 Å². The second-order valence-electron chi connectivity index (χ2n) is 5.19. The maximum atomic E-state index is 12.9. The van der Waals surface area contributed by atoms with Crippen molar-refractivity contribution in [3.63, 3.8) is 0 Å². The SMILES string of the molecule is Cc1[nH]c(CNCC(C)C)nc1-c1ccc(F)cc1. The number of hydrogen-bond acceptors (Lipinski definition) is 2. The Bertz CT molecular complexity index is 529. The maximum Gasteiger partial charge on any atom is 0.123 e. The van der Waals surface area contributed by atoms with E-state index in [-0.39, 0.29) is 5.82 Å². The van der Waals surface area contributed by atoms with E-state index in [9.17, 15) is 4.39 Å². The summed E-state index contributed by atoms with van der Waals surface area (Å²) in [6.07, 6.45) is 0. The van der Waals surface area contributed by atoms with E-state index in [0.717, 1.165) is 35.9 Å². The summed E-state index contributed by atoms with van der Waals surface area (Å²) in [7, 11) is 0. The molecule has 0 unspecified atom stereocenters. The van der Waals surface area contributed by atoms with Crippen molar-refractivity contribution in [2.75, 3.05) is 6.54 Å². The van der Waals surface area contributed by atoms with Gasteiger partial charge in [-0.25, -0.2) is 9.37 Å². The van der Waals surface area contributed by atoms with E-state index in [2.05, 4.69) is 29.1 Å². The van der Waals surface area contributed by atoms with E-state index in [4.69, 9.17) is 0 Å². The van der Waals surface area contributed by atoms with Crippen molar-refractivity contribution in [1.82, 2.24) is 15.3 Å². The van der Waals surface area contributed by atoms with Gasteiger partial charge in [-0.3, -0.25) is 0 Å². The average molecular weight is 261 g/mol. The molecule has 0 fully saturated rings. The zero-order valence-corrected chi connectivity index (χ0v) is 11.6. The van der Waals surface area contributed by atoms with Crippen LogP contribution in [0.2, 0.25) is 0 Å². The molecule has 0 saturated carbocycles. The number of aromatic amines is 1. The fraction of sp³-hybridized carbons (Fsp3) is 0.400. The first-order valence-corrected chi connectivity index (χ1v) is 6.58. The van der Waals surface area contributed by atoms with E-state index in [1.807, 2.05) is 6.92 Å². The fourth-order valence-electron chi connectivity index (χ4n) is 1.97. The normalized spacial score (nSPS) is 11.2. The molecule has 0 radical (unpaired) electrons. The Labute approximate surface area is 113 Å². The second-order valence-corrected chi connectivity index (χ2v) is 5.19. The number of H-pyrrole nitrogens is 1. The van der Waals surface area contributed by atoms with Crippen LogP contribution in [0.3, 0.4) is 0 Å². The number of hydrogen-bond donors (Lipinski definition) is 2. The largest absolute Gasteiger partial charge is 0.344 e. The number of aromatic nitrogens is 2. The zero-order valence-electron chi connectivity index (χ0n) is 11.6. The Morgan fingerprint density at radius 2 is 1.95 bits per heavy atom. The van der Waals surface area contributed by atoms with Gasteiger partial charge in [0.2, 0.25) is 0 Å². The summed E-state index contributed by atoms with van der Waals surface area (Å²) >= 11 is 0. The molecule has 1 aromatic heterocycles. The smallest absolute Gasteiger partial charge is 0.123 e. The highest BCUT2D eigenvalue weighted by Gasteiger charge is 2.09. The summed E-state index contributed by atoms with van der Waals surface area (Å²) in [5.41, 5.74) is 2.83. The molecule has 102 valence electrons. The monoisotopic (exact) mass is 261 g/mol. The van der Waals surface area contributed by atoms with E-state index in [0.29, 0.717) is 5.92 Å². The van der Waals surface area contributed by atoms with E-state index in [1.165, 1.54) is 12.1 Å². The minimum atomic E-state index is -0.226. The molecular weight excluding hydrogens is 241 g/mol. The van der Waals surface area contributed by atoms with Gasteiger partial charge in [0, 0.05) is 11.3 Å². The van der Waals surface area contributed by atoms with E-state index in [1.54, 1.807) is 12.1 Å². The Hall–Kier alpha value is -1.68. The van der Waals surface area contributed by atoms with Gasteiger partial charge in [-0.15, -0.1) is 0 Å². The van der Waals surface area contributed by atoms with Crippen LogP contribution >= 0.6 is 0 Å². The van der Waals surface area contributed by atoms with Crippen molar-refractivity contribution in [1.29, 1.82) is 0 Å². The molecule has 2 rings (SSSR count). The van der Waals surface area contributed by atoms with E-state index >= 15 is 0 Å². The van der Waals surface area contributed by atoms with Gasteiger partial charge >= 0.3 is 0 Å². The summed E-state index contributed by atoms with van der Waals surface area (Å²) < 4.78 is 12.9. The molecule has 0 aliphatic carbocycles. The number of benzene rings is 1. The first-order chi connectivity index (χ1) is 9.06. The molecule has 0 aliphatic rings. The lowest BCUT2D eigenvalue weighted by Gasteiger charge is -2.04. The number of aryl methyl sites for hydroxylation is 1. The summed E-state index contributed by atoms with van der Waals surface area (Å²) in [5, 5.41) is 3.35. The van der Waals surface area contributed by atoms with Crippen LogP contribution < -0.4 is 5.32 Å². The average Bonchev–Trinajstić information content (AvgIpc) is 2.71. The van der Waals surface area contributed by atoms with Gasteiger partial charge in [-0.2, -0.15) is 0 Å². The topological polar surface area (TPSA) is 40.7 Å². The van der Waals surface area contributed by atoms with Crippen LogP contribution in [0.4, 0.5) is 4.39 Å². The van der Waals surface area contributed by atoms with Crippen molar-refractivity contribution in [2.24, 2.45) is 5.92 Å². The van der Waals surface area contributed by atoms with Gasteiger partial charge in [0.1, 0.15) is 11.6 Å². The highest BCUT2D eigenvalue weighted by molar-refractivity contribution is 5.61. The lowest BCUT2D eigenvalue weighted by atomic mass is 10.1. The number of nitrogens with one attached hydrogen (secondary N) is 2. The minimum absolute atomic E-state index is 0.226. The lowest BCUT2D eigenvalue weighted by molar-refractivity contribution is 0.544. The molecule has 2 N–H and O–H groups in total. The van der Waals surface area contributed by atoms with Gasteiger partial charge in [0.15, 0.2) is 0 Å². The summed E-state index contributed by atoms with van der Waals surface area (Å²) in [4.78, 5) is 7.83. The van der Waals surface area contributed by atoms with Crippen molar-refractivity contribution in [3.05, 3.63) is 41.6 Å². The molecule has 4 heteroatoms. The van der Waals surface area contributed by atoms with Crippen molar-refractivity contribution in [2.45, 2.75) is 27.3 Å². The highest BCUT2D eigenvalue weighted by atomic mass is 19.1. The molecule has 3 nitrogen and oxygen atoms in total. The van der Waals surface area contributed by atoms with Gasteiger partial charge in [-0.05, 0) is 43.7 Å². The number of nitrogens with zero attached hydrogens (tertiary/aromatic N) is 1. The van der Waals surface area contributed by atoms with Crippen LogP contribution in [0, 0.1) is 18.7 Å². The fourth-order valence-corrected chi connectivity index (χ4v) is 1.97. The minimum Gasteiger partial charge on any atom is -0.344 e. The predicted octanol–water partition coefficient (Wildman–Crippen LogP) is 3.27. The molecule has 1 heterocycles. The summed E-state index contributed by atoms with van der Waals surface area (Å²) in [6.45, 7) is 8.01. The molecule has 1 aromatic carbocycles. The first kappa shape index (κ1) is 13.7. The predicted molar refractivity (Wildman–Crippen MR) is 75.3 cm³/mol. The zero-order chi connectivity index (χ0) is 13.8. The van der Waals surface area contributed by atoms with Crippen LogP contribution in [-0.4, -0.2) is 16.5 Å². The quantitative estimate of drug-likeness (QED) is 0.867. The molecule has 0 spiro atoms. The van der Waals surface area contributed by atoms with Crippen molar-refractivity contribution in [3.8, 4) is 11.3 Å². The third kappa shape index (κ3) is 3.64. The van der Waals surface area contributed by atoms with Crippen LogP contribution in [0.25, 0.3) is 11.3 Å². The second kappa shape index (κ2) is 5.97. The molecule has 0 atom stereocenters. The Morgan fingerprint density at radius 3 is 2.58 bits per heavy atom. The number of imidazole rings is 1. The number of rotatable bonds is 5. The molecular formula is C15H20FN3. The Morgan fingerprint density at radius 1 is 1.26 bits per heavy atom. The molecule has 2 aromatic rings.